The molecule has 0 aromatic heterocycles. The van der Waals surface area contributed by atoms with Gasteiger partial charge in [-0.05, 0) is 91.6 Å². The first-order valence-electron chi connectivity index (χ1n) is 17.3. The molecule has 1 aliphatic heterocycles. The van der Waals surface area contributed by atoms with Gasteiger partial charge in [0, 0.05) is 120 Å². The smallest absolute Gasteiger partial charge is 0 e. The number of allylic oxidation sites excluding steroid dienone is 1. The molecule has 54 heavy (non-hydrogen) atoms. The molecule has 0 aromatic carbocycles. The molecule has 321 valence electrons. The minimum absolute atomic E-state index is 0. The van der Waals surface area contributed by atoms with E-state index in [0.717, 1.165) is 51.4 Å². The predicted molar refractivity (Wildman–Crippen MR) is 252 cm³/mol. The summed E-state index contributed by atoms with van der Waals surface area (Å²) < 4.78 is 4.83. The predicted octanol–water partition coefficient (Wildman–Crippen LogP) is 6.12. The Balaban J connectivity index is -0.000000103. The molecule has 2 unspecified atom stereocenters. The number of hydrogen-bond donors (Lipinski definition) is 3. The molecule has 0 aliphatic carbocycles. The van der Waals surface area contributed by atoms with Crippen LogP contribution in [0.1, 0.15) is 143 Å². The van der Waals surface area contributed by atoms with E-state index in [1.807, 2.05) is 0 Å². The van der Waals surface area contributed by atoms with Gasteiger partial charge in [-0.15, -0.1) is 24.0 Å². The number of aliphatic hydroxyl groups is 3. The molecule has 0 saturated carbocycles. The third-order valence-corrected chi connectivity index (χ3v) is 6.73. The average molecular weight is 1480 g/mol. The SMILES string of the molecule is C=CC(=O)CCCCC(C)=O.CC(=O)CCCCC(=O)C1CO1.CC(=O)CCCCC(=O)CCO.CC(=O)CCCCC(O)CCO.I.II.I[I-]I.[V]. The fourth-order valence-corrected chi connectivity index (χ4v) is 3.84. The van der Waals surface area contributed by atoms with E-state index >= 15 is 0 Å². The van der Waals surface area contributed by atoms with Gasteiger partial charge in [0.1, 0.15) is 35.0 Å². The molecule has 0 bridgehead atoms. The average Bonchev–Trinajstić information content (AvgIpc) is 3.94. The van der Waals surface area contributed by atoms with Crippen molar-refractivity contribution in [2.45, 2.75) is 155 Å². The molecule has 18 heteroatoms. The van der Waals surface area contributed by atoms with E-state index in [-0.39, 0.29) is 109 Å². The van der Waals surface area contributed by atoms with E-state index in [2.05, 4.69) is 81.0 Å². The number of Topliss-reactive ketones (excluding diaryl/α,β-unsaturated/α-hetero) is 6. The van der Waals surface area contributed by atoms with E-state index in [1.54, 1.807) is 27.7 Å². The summed E-state index contributed by atoms with van der Waals surface area (Å²) in [4.78, 5) is 74.5. The molecule has 0 aromatic rings. The summed E-state index contributed by atoms with van der Waals surface area (Å²) >= 11 is 9.54. The summed E-state index contributed by atoms with van der Waals surface area (Å²) in [6.07, 6.45) is 12.6. The zero-order valence-electron chi connectivity index (χ0n) is 32.1. The number of hydrogen-bond acceptors (Lipinski definition) is 11. The van der Waals surface area contributed by atoms with Crippen LogP contribution in [0.25, 0.3) is 0 Å². The molecule has 1 heterocycles. The van der Waals surface area contributed by atoms with Gasteiger partial charge in [-0.3, -0.25) is 14.4 Å². The number of ether oxygens (including phenoxy) is 1. The standard InChI is InChI=1S/C9H14O3.C9H18O3.C9H16O3.C9H14O2.I3.I2.HI.V/c1-7(10)4-2-3-5-8(11)9-6-12-9;2*1-8(11)4-2-3-5-9(12)6-7-10;1-3-9(11)7-5-4-6-8(2)10;1-3-2;1-2;;/h9H,2-6H2,1H3;9-10,12H,2-7H2,1H3;10H,2-7H2,1H3;3H,1,4-7H2,2H3;;;1H;/q;;;;-1;;;. The molecule has 0 amide bonds. The normalized spacial score (nSPS) is 12.0. The number of carbonyl (C=O) groups is 7. The largest absolute Gasteiger partial charge is 0 e. The number of epoxide rings is 1. The van der Waals surface area contributed by atoms with Gasteiger partial charge in [0.2, 0.25) is 0 Å². The summed E-state index contributed by atoms with van der Waals surface area (Å²) in [6, 6.07) is 0. The van der Waals surface area contributed by atoms with Crippen molar-refractivity contribution in [1.82, 2.24) is 0 Å². The molecule has 1 fully saturated rings. The van der Waals surface area contributed by atoms with Crippen molar-refractivity contribution >= 4 is 139 Å². The second-order valence-corrected chi connectivity index (χ2v) is 28.1. The van der Waals surface area contributed by atoms with Gasteiger partial charge in [0.15, 0.2) is 11.6 Å². The third kappa shape index (κ3) is 75.1. The van der Waals surface area contributed by atoms with Crippen LogP contribution in [0, 0.1) is 0 Å². The van der Waals surface area contributed by atoms with Gasteiger partial charge < -0.3 is 39.2 Å². The Labute approximate surface area is 406 Å². The van der Waals surface area contributed by atoms with Gasteiger partial charge in [0.25, 0.3) is 0 Å². The maximum atomic E-state index is 11.0. The van der Waals surface area contributed by atoms with Gasteiger partial charge in [-0.1, -0.05) is 13.0 Å². The summed E-state index contributed by atoms with van der Waals surface area (Å²) in [7, 11) is 0. The topological polar surface area (TPSA) is 193 Å². The molecule has 1 radical (unpaired) electrons. The number of carbonyl (C=O) groups excluding carboxylic acids is 7. The van der Waals surface area contributed by atoms with Crippen LogP contribution in [0.4, 0.5) is 0 Å². The fourth-order valence-electron chi connectivity index (χ4n) is 3.84. The molecule has 3 N–H and O–H groups in total. The van der Waals surface area contributed by atoms with Gasteiger partial charge in [-0.25, -0.2) is 0 Å². The monoisotopic (exact) mass is 1480 g/mol. The van der Waals surface area contributed by atoms with E-state index < -0.39 is 6.10 Å². The summed E-state index contributed by atoms with van der Waals surface area (Å²) in [6.45, 7) is 10.2. The van der Waals surface area contributed by atoms with Crippen molar-refractivity contribution in [3.05, 3.63) is 12.7 Å². The van der Waals surface area contributed by atoms with E-state index in [1.165, 1.54) is 6.08 Å². The van der Waals surface area contributed by atoms with Crippen molar-refractivity contribution in [3.63, 3.8) is 0 Å². The maximum Gasteiger partial charge on any atom is 0 e. The molecule has 1 rings (SSSR count). The molecular weight excluding hydrogens is 1420 g/mol. The Morgan fingerprint density at radius 2 is 1.02 bits per heavy atom. The van der Waals surface area contributed by atoms with Crippen molar-refractivity contribution in [3.8, 4) is 0 Å². The minimum Gasteiger partial charge on any atom is 0 e. The zero-order valence-corrected chi connectivity index (χ0v) is 46.7. The Bertz CT molecular complexity index is 956. The maximum absolute atomic E-state index is 11.0. The molecular formula is C36H63I6O11V-. The van der Waals surface area contributed by atoms with Crippen molar-refractivity contribution in [2.24, 2.45) is 0 Å². The second kappa shape index (κ2) is 57.3. The van der Waals surface area contributed by atoms with Crippen LogP contribution < -0.4 is 13.3 Å². The first kappa shape index (κ1) is 70.8. The van der Waals surface area contributed by atoms with Crippen LogP contribution in [-0.2, 0) is 56.9 Å². The van der Waals surface area contributed by atoms with E-state index in [9.17, 15) is 33.6 Å². The molecule has 2 atom stereocenters. The summed E-state index contributed by atoms with van der Waals surface area (Å²) in [5.74, 6) is 1.10. The second-order valence-electron chi connectivity index (χ2n) is 11.9. The van der Waals surface area contributed by atoms with Crippen molar-refractivity contribution in [2.75, 3.05) is 19.8 Å². The van der Waals surface area contributed by atoms with Crippen LogP contribution in [0.3, 0.4) is 0 Å². The first-order valence-corrected chi connectivity index (χ1v) is 36.2. The number of halogens is 6. The Morgan fingerprint density at radius 1 is 0.667 bits per heavy atom. The minimum atomic E-state index is -0.401. The number of rotatable bonds is 26. The van der Waals surface area contributed by atoms with Gasteiger partial charge in [-0.2, -0.15) is 0 Å². The van der Waals surface area contributed by atoms with Crippen LogP contribution in [0.2, 0.25) is 0 Å². The number of aliphatic hydroxyl groups excluding tert-OH is 3. The number of unbranched alkanes of at least 4 members (excludes halogenated alkanes) is 4. The van der Waals surface area contributed by atoms with Crippen LogP contribution in [0.5, 0.6) is 0 Å². The van der Waals surface area contributed by atoms with E-state index in [0.29, 0.717) is 77.6 Å². The summed E-state index contributed by atoms with van der Waals surface area (Å²) in [5.41, 5.74) is 0. The first-order chi connectivity index (χ1) is 24.6. The molecule has 11 nitrogen and oxygen atoms in total. The third-order valence-electron chi connectivity index (χ3n) is 6.73. The number of ketones is 7. The van der Waals surface area contributed by atoms with Gasteiger partial charge in [0.05, 0.1) is 12.7 Å². The van der Waals surface area contributed by atoms with Crippen LogP contribution in [-0.4, -0.2) is 87.8 Å². The zero-order chi connectivity index (χ0) is 41.2. The fraction of sp³-hybridized carbons (Fsp3) is 0.750. The Hall–Kier alpha value is 2.23. The van der Waals surface area contributed by atoms with Crippen molar-refractivity contribution < 1.29 is 85.4 Å². The molecule has 0 spiro atoms. The Morgan fingerprint density at radius 3 is 1.35 bits per heavy atom. The quantitative estimate of drug-likeness (QED) is 0.0391. The van der Waals surface area contributed by atoms with Crippen molar-refractivity contribution in [1.29, 1.82) is 0 Å². The summed E-state index contributed by atoms with van der Waals surface area (Å²) in [5, 5.41) is 26.0. The Kier molecular flexibility index (Phi) is 75.1. The van der Waals surface area contributed by atoms with Crippen LogP contribution in [0.15, 0.2) is 12.7 Å². The molecule has 1 aliphatic rings. The van der Waals surface area contributed by atoms with Crippen LogP contribution >= 0.6 is 98.4 Å². The molecule has 1 saturated heterocycles. The van der Waals surface area contributed by atoms with E-state index in [4.69, 9.17) is 20.1 Å². The van der Waals surface area contributed by atoms with Gasteiger partial charge >= 0.3 is 50.5 Å².